The number of benzene rings is 1. The second-order valence-electron chi connectivity index (χ2n) is 6.61. The molecule has 2 aliphatic carbocycles. The van der Waals surface area contributed by atoms with Crippen LogP contribution in [0, 0.1) is 17.8 Å². The number of hydrogen-bond donors (Lipinski definition) is 1. The van der Waals surface area contributed by atoms with Gasteiger partial charge in [-0.05, 0) is 48.1 Å². The molecule has 5 atom stereocenters. The van der Waals surface area contributed by atoms with Gasteiger partial charge in [-0.2, -0.15) is 0 Å². The Labute approximate surface area is 111 Å². The summed E-state index contributed by atoms with van der Waals surface area (Å²) in [7, 11) is 0. The van der Waals surface area contributed by atoms with Crippen LogP contribution in [0.1, 0.15) is 50.2 Å². The third kappa shape index (κ3) is 1.99. The van der Waals surface area contributed by atoms with E-state index in [-0.39, 0.29) is 0 Å². The Kier molecular flexibility index (Phi) is 3.19. The fourth-order valence-electron chi connectivity index (χ4n) is 3.91. The van der Waals surface area contributed by atoms with Crippen molar-refractivity contribution in [3.05, 3.63) is 35.4 Å². The monoisotopic (exact) mass is 243 g/mol. The van der Waals surface area contributed by atoms with Crippen molar-refractivity contribution in [1.82, 2.24) is 0 Å². The molecule has 0 spiro atoms. The Morgan fingerprint density at radius 2 is 1.89 bits per heavy atom. The van der Waals surface area contributed by atoms with Crippen LogP contribution in [0.15, 0.2) is 24.3 Å². The van der Waals surface area contributed by atoms with Crippen LogP contribution in [-0.4, -0.2) is 6.04 Å². The van der Waals surface area contributed by atoms with Crippen LogP contribution in [0.5, 0.6) is 0 Å². The highest BCUT2D eigenvalue weighted by Crippen LogP contribution is 2.43. The van der Waals surface area contributed by atoms with E-state index >= 15 is 0 Å². The molecule has 0 bridgehead atoms. The highest BCUT2D eigenvalue weighted by molar-refractivity contribution is 5.41. The SMILES string of the molecule is CC1CCC(C(N)C2Cc3ccccc32)CC1C. The van der Waals surface area contributed by atoms with Gasteiger partial charge in [0.1, 0.15) is 0 Å². The van der Waals surface area contributed by atoms with Gasteiger partial charge in [0.15, 0.2) is 0 Å². The van der Waals surface area contributed by atoms with E-state index in [9.17, 15) is 0 Å². The minimum Gasteiger partial charge on any atom is -0.327 e. The first kappa shape index (κ1) is 12.2. The molecule has 0 aromatic heterocycles. The van der Waals surface area contributed by atoms with Gasteiger partial charge in [0.05, 0.1) is 0 Å². The number of nitrogens with two attached hydrogens (primary N) is 1. The molecule has 1 aromatic rings. The first-order valence-corrected chi connectivity index (χ1v) is 7.50. The number of rotatable bonds is 2. The van der Waals surface area contributed by atoms with Crippen molar-refractivity contribution in [2.75, 3.05) is 0 Å². The van der Waals surface area contributed by atoms with Crippen LogP contribution < -0.4 is 5.73 Å². The Hall–Kier alpha value is -0.820. The van der Waals surface area contributed by atoms with Gasteiger partial charge in [0.25, 0.3) is 0 Å². The quantitative estimate of drug-likeness (QED) is 0.841. The molecule has 3 rings (SSSR count). The molecule has 0 aliphatic heterocycles. The van der Waals surface area contributed by atoms with E-state index in [2.05, 4.69) is 38.1 Å². The molecule has 1 aromatic carbocycles. The lowest BCUT2D eigenvalue weighted by Gasteiger charge is -2.42. The zero-order valence-electron chi connectivity index (χ0n) is 11.6. The summed E-state index contributed by atoms with van der Waals surface area (Å²) in [6.45, 7) is 4.79. The fourth-order valence-corrected chi connectivity index (χ4v) is 3.91. The van der Waals surface area contributed by atoms with Gasteiger partial charge < -0.3 is 5.73 Å². The van der Waals surface area contributed by atoms with Crippen LogP contribution in [0.3, 0.4) is 0 Å². The van der Waals surface area contributed by atoms with Crippen molar-refractivity contribution in [1.29, 1.82) is 0 Å². The molecule has 1 fully saturated rings. The summed E-state index contributed by atoms with van der Waals surface area (Å²) in [6, 6.07) is 9.21. The number of hydrogen-bond acceptors (Lipinski definition) is 1. The molecule has 1 heteroatoms. The van der Waals surface area contributed by atoms with Gasteiger partial charge in [-0.25, -0.2) is 0 Å². The van der Waals surface area contributed by atoms with E-state index in [0.29, 0.717) is 12.0 Å². The molecule has 18 heavy (non-hydrogen) atoms. The van der Waals surface area contributed by atoms with Gasteiger partial charge in [-0.3, -0.25) is 0 Å². The average Bonchev–Trinajstić information content (AvgIpc) is 2.34. The third-order valence-electron chi connectivity index (χ3n) is 5.54. The number of fused-ring (bicyclic) bond motifs is 1. The Balaban J connectivity index is 1.68. The van der Waals surface area contributed by atoms with E-state index in [4.69, 9.17) is 5.73 Å². The smallest absolute Gasteiger partial charge is 0.0140 e. The molecule has 0 radical (unpaired) electrons. The fraction of sp³-hybridized carbons (Fsp3) is 0.647. The van der Waals surface area contributed by atoms with Crippen LogP contribution in [-0.2, 0) is 6.42 Å². The van der Waals surface area contributed by atoms with Crippen molar-refractivity contribution in [3.63, 3.8) is 0 Å². The zero-order chi connectivity index (χ0) is 12.7. The molecule has 0 amide bonds. The second-order valence-corrected chi connectivity index (χ2v) is 6.61. The van der Waals surface area contributed by atoms with Crippen LogP contribution in [0.4, 0.5) is 0 Å². The minimum absolute atomic E-state index is 0.384. The summed E-state index contributed by atoms with van der Waals surface area (Å²) >= 11 is 0. The molecule has 5 unspecified atom stereocenters. The first-order valence-electron chi connectivity index (χ1n) is 7.50. The van der Waals surface area contributed by atoms with E-state index in [1.807, 2.05) is 0 Å². The maximum absolute atomic E-state index is 6.58. The zero-order valence-corrected chi connectivity index (χ0v) is 11.6. The molecule has 1 nitrogen and oxygen atoms in total. The maximum Gasteiger partial charge on any atom is 0.0140 e. The normalized spacial score (nSPS) is 36.6. The summed E-state index contributed by atoms with van der Waals surface area (Å²) in [6.07, 6.45) is 5.25. The molecule has 2 N–H and O–H groups in total. The van der Waals surface area contributed by atoms with E-state index in [1.165, 1.54) is 36.8 Å². The van der Waals surface area contributed by atoms with Crippen LogP contribution in [0.2, 0.25) is 0 Å². The van der Waals surface area contributed by atoms with Gasteiger partial charge in [0, 0.05) is 12.0 Å². The lowest BCUT2D eigenvalue weighted by molar-refractivity contribution is 0.170. The molecule has 0 heterocycles. The van der Waals surface area contributed by atoms with Crippen molar-refractivity contribution < 1.29 is 0 Å². The predicted octanol–water partition coefficient (Wildman–Crippen LogP) is 3.73. The highest BCUT2D eigenvalue weighted by atomic mass is 14.7. The van der Waals surface area contributed by atoms with Gasteiger partial charge in [-0.15, -0.1) is 0 Å². The van der Waals surface area contributed by atoms with E-state index in [1.54, 1.807) is 0 Å². The summed E-state index contributed by atoms with van der Waals surface area (Å²) in [5.41, 5.74) is 9.62. The summed E-state index contributed by atoms with van der Waals surface area (Å²) in [5.74, 6) is 3.12. The standard InChI is InChI=1S/C17H25N/c1-11-7-8-14(9-12(11)2)17(18)16-10-13-5-3-4-6-15(13)16/h3-6,11-12,14,16-17H,7-10,18H2,1-2H3. The first-order chi connectivity index (χ1) is 8.66. The van der Waals surface area contributed by atoms with Crippen molar-refractivity contribution in [2.24, 2.45) is 23.5 Å². The summed E-state index contributed by atoms with van der Waals surface area (Å²) in [4.78, 5) is 0. The lowest BCUT2D eigenvalue weighted by Crippen LogP contribution is -2.43. The van der Waals surface area contributed by atoms with Crippen LogP contribution >= 0.6 is 0 Å². The average molecular weight is 243 g/mol. The molecule has 2 aliphatic rings. The van der Waals surface area contributed by atoms with Crippen molar-refractivity contribution >= 4 is 0 Å². The Morgan fingerprint density at radius 1 is 1.11 bits per heavy atom. The van der Waals surface area contributed by atoms with Gasteiger partial charge in [0.2, 0.25) is 0 Å². The third-order valence-corrected chi connectivity index (χ3v) is 5.54. The highest BCUT2D eigenvalue weighted by Gasteiger charge is 2.37. The molecule has 1 saturated carbocycles. The molecular formula is C17H25N. The van der Waals surface area contributed by atoms with Gasteiger partial charge >= 0.3 is 0 Å². The second kappa shape index (κ2) is 4.70. The van der Waals surface area contributed by atoms with Crippen molar-refractivity contribution in [2.45, 2.75) is 51.5 Å². The van der Waals surface area contributed by atoms with Crippen molar-refractivity contribution in [3.8, 4) is 0 Å². The Morgan fingerprint density at radius 3 is 2.61 bits per heavy atom. The van der Waals surface area contributed by atoms with E-state index in [0.717, 1.165) is 17.8 Å². The van der Waals surface area contributed by atoms with E-state index < -0.39 is 0 Å². The predicted molar refractivity (Wildman–Crippen MR) is 76.5 cm³/mol. The summed E-state index contributed by atoms with van der Waals surface area (Å²) < 4.78 is 0. The van der Waals surface area contributed by atoms with Crippen LogP contribution in [0.25, 0.3) is 0 Å². The van der Waals surface area contributed by atoms with Gasteiger partial charge in [-0.1, -0.05) is 44.5 Å². The molecule has 98 valence electrons. The Bertz CT molecular complexity index is 425. The minimum atomic E-state index is 0.384. The lowest BCUT2D eigenvalue weighted by atomic mass is 9.65. The topological polar surface area (TPSA) is 26.0 Å². The molecular weight excluding hydrogens is 218 g/mol. The molecule has 0 saturated heterocycles. The summed E-state index contributed by atoms with van der Waals surface area (Å²) in [5, 5.41) is 0. The maximum atomic E-state index is 6.58. The largest absolute Gasteiger partial charge is 0.327 e.